The maximum atomic E-state index is 12.7. The molecule has 3 N–H and O–H groups in total. The van der Waals surface area contributed by atoms with Gasteiger partial charge >= 0.3 is 0 Å². The molecule has 0 saturated carbocycles. The van der Waals surface area contributed by atoms with Crippen molar-refractivity contribution in [3.63, 3.8) is 0 Å². The van der Waals surface area contributed by atoms with Crippen molar-refractivity contribution in [3.8, 4) is 0 Å². The Kier molecular flexibility index (Phi) is 3.52. The predicted molar refractivity (Wildman–Crippen MR) is 68.5 cm³/mol. The number of carbonyl (C=O) groups is 1. The van der Waals surface area contributed by atoms with E-state index in [1.54, 1.807) is 6.07 Å². The quantitative estimate of drug-likeness (QED) is 0.891. The summed E-state index contributed by atoms with van der Waals surface area (Å²) in [5, 5.41) is 2.50. The Labute approximate surface area is 110 Å². The number of amides is 1. The number of nitrogens with two attached hydrogens (primary N) is 1. The first kappa shape index (κ1) is 12.4. The number of anilines is 2. The van der Waals surface area contributed by atoms with Gasteiger partial charge in [-0.2, -0.15) is 0 Å². The summed E-state index contributed by atoms with van der Waals surface area (Å²) in [5.74, 6) is -0.587. The molecule has 18 heavy (non-hydrogen) atoms. The summed E-state index contributed by atoms with van der Waals surface area (Å²) in [6.07, 6.45) is 2.50. The highest BCUT2D eigenvalue weighted by molar-refractivity contribution is 9.10. The number of carbonyl (C=O) groups excluding carboxylic acids is 1. The lowest BCUT2D eigenvalue weighted by molar-refractivity contribution is 0.102. The van der Waals surface area contributed by atoms with Crippen molar-refractivity contribution in [2.45, 2.75) is 0 Å². The molecular weight excluding hydrogens is 303 g/mol. The number of nitrogens with zero attached hydrogens (tertiary/aromatic N) is 2. The molecule has 0 aromatic carbocycles. The third-order valence-electron chi connectivity index (χ3n) is 2.10. The number of nitrogens with one attached hydrogen (secondary N) is 1. The molecule has 1 amide bonds. The van der Waals surface area contributed by atoms with Gasteiger partial charge in [-0.1, -0.05) is 0 Å². The molecule has 0 atom stereocenters. The molecule has 2 aromatic rings. The highest BCUT2D eigenvalue weighted by Gasteiger charge is 2.12. The second-order valence-electron chi connectivity index (χ2n) is 3.40. The van der Waals surface area contributed by atoms with E-state index in [-0.39, 0.29) is 17.2 Å². The molecule has 0 unspecified atom stereocenters. The molecule has 0 bridgehead atoms. The van der Waals surface area contributed by atoms with Gasteiger partial charge in [0.2, 0.25) is 0 Å². The zero-order valence-electron chi connectivity index (χ0n) is 9.02. The van der Waals surface area contributed by atoms with Gasteiger partial charge in [-0.05, 0) is 34.1 Å². The van der Waals surface area contributed by atoms with Gasteiger partial charge in [0.15, 0.2) is 0 Å². The van der Waals surface area contributed by atoms with E-state index in [4.69, 9.17) is 5.73 Å². The van der Waals surface area contributed by atoms with Crippen LogP contribution in [0.5, 0.6) is 0 Å². The first-order chi connectivity index (χ1) is 8.56. The van der Waals surface area contributed by atoms with Crippen LogP contribution < -0.4 is 11.1 Å². The van der Waals surface area contributed by atoms with Crippen LogP contribution in [-0.2, 0) is 0 Å². The standard InChI is InChI=1S/C11H8BrFN4O/c12-6-3-8(10(14)16-4-6)11(18)17-9-2-1-7(13)5-15-9/h1-5H,(H2,14,16)(H,15,17,18). The van der Waals surface area contributed by atoms with Crippen LogP contribution in [-0.4, -0.2) is 15.9 Å². The molecule has 2 heterocycles. The molecule has 2 rings (SSSR count). The van der Waals surface area contributed by atoms with Crippen LogP contribution in [0.25, 0.3) is 0 Å². The van der Waals surface area contributed by atoms with Crippen molar-refractivity contribution in [1.29, 1.82) is 0 Å². The van der Waals surface area contributed by atoms with Gasteiger partial charge in [0, 0.05) is 10.7 Å². The summed E-state index contributed by atoms with van der Waals surface area (Å²) >= 11 is 3.20. The van der Waals surface area contributed by atoms with E-state index in [2.05, 4.69) is 31.2 Å². The van der Waals surface area contributed by atoms with Gasteiger partial charge in [0.25, 0.3) is 5.91 Å². The summed E-state index contributed by atoms with van der Waals surface area (Å²) in [7, 11) is 0. The first-order valence-corrected chi connectivity index (χ1v) is 5.69. The fourth-order valence-corrected chi connectivity index (χ4v) is 1.60. The molecule has 0 aliphatic rings. The summed E-state index contributed by atoms with van der Waals surface area (Å²) in [6, 6.07) is 4.10. The number of halogens is 2. The predicted octanol–water partition coefficient (Wildman–Crippen LogP) is 2.21. The zero-order valence-corrected chi connectivity index (χ0v) is 10.6. The van der Waals surface area contributed by atoms with E-state index < -0.39 is 11.7 Å². The van der Waals surface area contributed by atoms with Crippen LogP contribution in [0.2, 0.25) is 0 Å². The Bertz CT molecular complexity index is 588. The van der Waals surface area contributed by atoms with E-state index in [0.717, 1.165) is 6.20 Å². The van der Waals surface area contributed by atoms with Crippen molar-refractivity contribution in [2.24, 2.45) is 0 Å². The number of hydrogen-bond donors (Lipinski definition) is 2. The maximum Gasteiger partial charge on any atom is 0.260 e. The Morgan fingerprint density at radius 3 is 2.78 bits per heavy atom. The minimum Gasteiger partial charge on any atom is -0.383 e. The van der Waals surface area contributed by atoms with Crippen molar-refractivity contribution in [3.05, 3.63) is 46.4 Å². The SMILES string of the molecule is Nc1ncc(Br)cc1C(=O)Nc1ccc(F)cn1. The second kappa shape index (κ2) is 5.09. The highest BCUT2D eigenvalue weighted by atomic mass is 79.9. The number of hydrogen-bond acceptors (Lipinski definition) is 4. The van der Waals surface area contributed by atoms with E-state index in [0.29, 0.717) is 4.47 Å². The van der Waals surface area contributed by atoms with Crippen molar-refractivity contribution >= 4 is 33.5 Å². The third kappa shape index (κ3) is 2.80. The lowest BCUT2D eigenvalue weighted by atomic mass is 10.2. The summed E-state index contributed by atoms with van der Waals surface area (Å²) in [5.41, 5.74) is 5.81. The summed E-state index contributed by atoms with van der Waals surface area (Å²) in [6.45, 7) is 0. The molecule has 0 radical (unpaired) electrons. The van der Waals surface area contributed by atoms with Gasteiger partial charge in [0.1, 0.15) is 17.5 Å². The minimum atomic E-state index is -0.475. The van der Waals surface area contributed by atoms with E-state index in [9.17, 15) is 9.18 Å². The third-order valence-corrected chi connectivity index (χ3v) is 2.53. The molecule has 0 spiro atoms. The number of nitrogen functional groups attached to an aromatic ring is 1. The molecule has 0 aliphatic carbocycles. The summed E-state index contributed by atoms with van der Waals surface area (Å²) < 4.78 is 13.3. The van der Waals surface area contributed by atoms with Crippen LogP contribution in [0.15, 0.2) is 35.1 Å². The topological polar surface area (TPSA) is 80.9 Å². The Morgan fingerprint density at radius 1 is 1.33 bits per heavy atom. The number of rotatable bonds is 2. The van der Waals surface area contributed by atoms with Crippen LogP contribution in [0.3, 0.4) is 0 Å². The average Bonchev–Trinajstić information content (AvgIpc) is 2.35. The molecule has 0 fully saturated rings. The molecule has 7 heteroatoms. The number of aromatic nitrogens is 2. The maximum absolute atomic E-state index is 12.7. The lowest BCUT2D eigenvalue weighted by Crippen LogP contribution is -2.15. The second-order valence-corrected chi connectivity index (χ2v) is 4.32. The molecule has 5 nitrogen and oxygen atoms in total. The molecule has 92 valence electrons. The molecular formula is C11H8BrFN4O. The van der Waals surface area contributed by atoms with E-state index >= 15 is 0 Å². The van der Waals surface area contributed by atoms with Gasteiger partial charge in [-0.3, -0.25) is 4.79 Å². The molecule has 2 aromatic heterocycles. The average molecular weight is 311 g/mol. The fraction of sp³-hybridized carbons (Fsp3) is 0. The van der Waals surface area contributed by atoms with Crippen LogP contribution >= 0.6 is 15.9 Å². The van der Waals surface area contributed by atoms with Gasteiger partial charge < -0.3 is 11.1 Å². The lowest BCUT2D eigenvalue weighted by Gasteiger charge is -2.06. The first-order valence-electron chi connectivity index (χ1n) is 4.90. The minimum absolute atomic E-state index is 0.109. The van der Waals surface area contributed by atoms with Gasteiger partial charge in [-0.15, -0.1) is 0 Å². The highest BCUT2D eigenvalue weighted by Crippen LogP contribution is 2.16. The molecule has 0 aliphatic heterocycles. The van der Waals surface area contributed by atoms with Crippen LogP contribution in [0.1, 0.15) is 10.4 Å². The van der Waals surface area contributed by atoms with E-state index in [1.807, 2.05) is 0 Å². The normalized spacial score (nSPS) is 10.1. The van der Waals surface area contributed by atoms with Crippen molar-refractivity contribution < 1.29 is 9.18 Å². The van der Waals surface area contributed by atoms with Gasteiger partial charge in [-0.25, -0.2) is 14.4 Å². The Morgan fingerprint density at radius 2 is 2.11 bits per heavy atom. The van der Waals surface area contributed by atoms with Crippen molar-refractivity contribution in [2.75, 3.05) is 11.1 Å². The monoisotopic (exact) mass is 310 g/mol. The van der Waals surface area contributed by atoms with E-state index in [1.165, 1.54) is 18.3 Å². The summed E-state index contributed by atoms with van der Waals surface area (Å²) in [4.78, 5) is 19.4. The zero-order chi connectivity index (χ0) is 13.1. The van der Waals surface area contributed by atoms with Crippen LogP contribution in [0, 0.1) is 5.82 Å². The van der Waals surface area contributed by atoms with Gasteiger partial charge in [0.05, 0.1) is 11.8 Å². The van der Waals surface area contributed by atoms with Crippen LogP contribution in [0.4, 0.5) is 16.0 Å². The molecule has 0 saturated heterocycles. The fourth-order valence-electron chi connectivity index (χ4n) is 1.27. The Hall–Kier alpha value is -2.02. The smallest absolute Gasteiger partial charge is 0.260 e. The number of pyridine rings is 2. The van der Waals surface area contributed by atoms with Crippen molar-refractivity contribution in [1.82, 2.24) is 9.97 Å². The Balaban J connectivity index is 2.21. The largest absolute Gasteiger partial charge is 0.383 e.